The first-order valence-electron chi connectivity index (χ1n) is 10.9. The summed E-state index contributed by atoms with van der Waals surface area (Å²) in [5, 5.41) is 3.60. The highest BCUT2D eigenvalue weighted by Crippen LogP contribution is 2.35. The van der Waals surface area contributed by atoms with Crippen LogP contribution in [0.25, 0.3) is 27.7 Å². The minimum Gasteiger partial charge on any atom is -0.376 e. The number of carbonyl (C=O) groups is 1. The molecule has 1 fully saturated rings. The van der Waals surface area contributed by atoms with E-state index in [1.54, 1.807) is 7.05 Å². The Morgan fingerprint density at radius 1 is 1.06 bits per heavy atom. The number of nitrogens with one attached hydrogen (secondary N) is 1. The Balaban J connectivity index is 1.86. The van der Waals surface area contributed by atoms with Gasteiger partial charge in [-0.3, -0.25) is 9.20 Å². The zero-order valence-electron chi connectivity index (χ0n) is 19.0. The van der Waals surface area contributed by atoms with E-state index in [9.17, 15) is 4.79 Å². The van der Waals surface area contributed by atoms with E-state index in [0.29, 0.717) is 17.2 Å². The molecule has 0 bridgehead atoms. The van der Waals surface area contributed by atoms with Crippen LogP contribution in [0.4, 0.5) is 11.6 Å². The highest BCUT2D eigenvalue weighted by molar-refractivity contribution is 6.13. The molecule has 1 saturated heterocycles. The van der Waals surface area contributed by atoms with Crippen molar-refractivity contribution < 1.29 is 4.79 Å². The Morgan fingerprint density at radius 3 is 2.66 bits per heavy atom. The maximum atomic E-state index is 13.0. The summed E-state index contributed by atoms with van der Waals surface area (Å²) in [5.41, 5.74) is 4.39. The molecule has 1 aromatic carbocycles. The largest absolute Gasteiger partial charge is 0.376 e. The van der Waals surface area contributed by atoms with Crippen molar-refractivity contribution in [3.05, 3.63) is 36.0 Å². The van der Waals surface area contributed by atoms with Crippen molar-refractivity contribution in [3.63, 3.8) is 0 Å². The third-order valence-corrected chi connectivity index (χ3v) is 6.15. The molecule has 0 saturated carbocycles. The van der Waals surface area contributed by atoms with Crippen LogP contribution in [-0.2, 0) is 0 Å². The molecule has 9 heteroatoms. The average Bonchev–Trinajstić information content (AvgIpc) is 3.05. The number of rotatable bonds is 3. The van der Waals surface area contributed by atoms with Gasteiger partial charge in [0.05, 0.1) is 22.1 Å². The molecule has 1 aliphatic rings. The van der Waals surface area contributed by atoms with E-state index in [2.05, 4.69) is 22.2 Å². The zero-order valence-corrected chi connectivity index (χ0v) is 19.0. The van der Waals surface area contributed by atoms with Crippen LogP contribution in [0, 0.1) is 0 Å². The van der Waals surface area contributed by atoms with Crippen molar-refractivity contribution in [1.29, 1.82) is 0 Å². The van der Waals surface area contributed by atoms with Gasteiger partial charge in [-0.15, -0.1) is 0 Å². The van der Waals surface area contributed by atoms with Crippen molar-refractivity contribution in [2.75, 3.05) is 64.2 Å². The number of para-hydroxylation sites is 2. The second-order valence-electron chi connectivity index (χ2n) is 8.51. The van der Waals surface area contributed by atoms with Crippen LogP contribution in [0.3, 0.4) is 0 Å². The van der Waals surface area contributed by atoms with E-state index in [4.69, 9.17) is 15.0 Å². The normalized spacial score (nSPS) is 15.4. The number of fused-ring (bicyclic) bond motifs is 5. The van der Waals surface area contributed by atoms with Crippen LogP contribution in [-0.4, -0.2) is 84.5 Å². The van der Waals surface area contributed by atoms with Crippen molar-refractivity contribution in [1.82, 2.24) is 29.6 Å². The van der Waals surface area contributed by atoms with E-state index in [1.165, 1.54) is 0 Å². The van der Waals surface area contributed by atoms with Crippen LogP contribution in [0.2, 0.25) is 0 Å². The van der Waals surface area contributed by atoms with Crippen LogP contribution in [0.1, 0.15) is 16.8 Å². The quantitative estimate of drug-likeness (QED) is 0.530. The van der Waals surface area contributed by atoms with Crippen LogP contribution in [0.5, 0.6) is 0 Å². The van der Waals surface area contributed by atoms with Gasteiger partial charge in [-0.1, -0.05) is 12.1 Å². The van der Waals surface area contributed by atoms with Crippen molar-refractivity contribution in [2.24, 2.45) is 0 Å². The number of likely N-dealkylation sites (N-methyl/N-ethyl adjacent to an activating group) is 1. The minimum absolute atomic E-state index is 0.185. The molecule has 1 aliphatic heterocycles. The predicted molar refractivity (Wildman–Crippen MR) is 128 cm³/mol. The van der Waals surface area contributed by atoms with E-state index in [0.717, 1.165) is 60.4 Å². The van der Waals surface area contributed by atoms with Crippen LogP contribution in [0.15, 0.2) is 30.5 Å². The van der Waals surface area contributed by atoms with Gasteiger partial charge in [0.15, 0.2) is 11.3 Å². The molecule has 5 rings (SSSR count). The van der Waals surface area contributed by atoms with Gasteiger partial charge < -0.3 is 20.0 Å². The number of amides is 1. The number of imidazole rings is 1. The second kappa shape index (κ2) is 7.90. The lowest BCUT2D eigenvalue weighted by Crippen LogP contribution is -2.30. The molecule has 1 N–H and O–H groups in total. The fourth-order valence-electron chi connectivity index (χ4n) is 4.55. The topological polar surface area (TPSA) is 81.9 Å². The first-order valence-corrected chi connectivity index (χ1v) is 10.9. The highest BCUT2D eigenvalue weighted by atomic mass is 16.1. The summed E-state index contributed by atoms with van der Waals surface area (Å²) in [6.07, 6.45) is 2.92. The molecular formula is C23H28N8O. The number of nitrogens with zero attached hydrogens (tertiary/aromatic N) is 7. The second-order valence-corrected chi connectivity index (χ2v) is 8.51. The third kappa shape index (κ3) is 3.20. The highest BCUT2D eigenvalue weighted by Gasteiger charge is 2.26. The Bertz CT molecular complexity index is 1330. The first kappa shape index (κ1) is 20.4. The van der Waals surface area contributed by atoms with Gasteiger partial charge >= 0.3 is 0 Å². The summed E-state index contributed by atoms with van der Waals surface area (Å²) in [7, 11) is 7.65. The van der Waals surface area contributed by atoms with E-state index in [1.807, 2.05) is 53.9 Å². The molecule has 0 aliphatic carbocycles. The Hall–Kier alpha value is -3.46. The lowest BCUT2D eigenvalue weighted by molar-refractivity contribution is 0.0965. The Kier molecular flexibility index (Phi) is 5.05. The SMILES string of the molecule is CNC(=O)c1c(N(C)C)c2cnc(N3CCCN(C)CC3)nc2n2c1nc1ccccc12. The number of benzene rings is 1. The fourth-order valence-corrected chi connectivity index (χ4v) is 4.55. The minimum atomic E-state index is -0.185. The predicted octanol–water partition coefficient (Wildman–Crippen LogP) is 2.00. The lowest BCUT2D eigenvalue weighted by Gasteiger charge is -2.23. The summed E-state index contributed by atoms with van der Waals surface area (Å²) in [5.74, 6) is 0.528. The van der Waals surface area contributed by atoms with E-state index in [-0.39, 0.29) is 5.91 Å². The van der Waals surface area contributed by atoms with Crippen molar-refractivity contribution >= 4 is 45.3 Å². The van der Waals surface area contributed by atoms with Gasteiger partial charge in [0.1, 0.15) is 5.56 Å². The smallest absolute Gasteiger partial charge is 0.256 e. The number of aromatic nitrogens is 4. The summed E-state index contributed by atoms with van der Waals surface area (Å²) >= 11 is 0. The van der Waals surface area contributed by atoms with E-state index >= 15 is 0 Å². The summed E-state index contributed by atoms with van der Waals surface area (Å²) < 4.78 is 2.00. The molecule has 9 nitrogen and oxygen atoms in total. The maximum absolute atomic E-state index is 13.0. The zero-order chi connectivity index (χ0) is 22.4. The molecule has 166 valence electrons. The van der Waals surface area contributed by atoms with Gasteiger partial charge in [-0.25, -0.2) is 9.97 Å². The molecule has 4 aromatic rings. The molecule has 32 heavy (non-hydrogen) atoms. The molecule has 1 amide bonds. The molecule has 0 radical (unpaired) electrons. The monoisotopic (exact) mass is 432 g/mol. The maximum Gasteiger partial charge on any atom is 0.256 e. The van der Waals surface area contributed by atoms with E-state index < -0.39 is 0 Å². The lowest BCUT2D eigenvalue weighted by atomic mass is 10.1. The first-order chi connectivity index (χ1) is 15.5. The standard InChI is InChI=1S/C23H28N8O/c1-24-22(32)18-19(28(2)3)15-14-25-23(30-11-7-10-29(4)12-13-30)27-20(15)31-17-9-6-5-8-16(17)26-21(18)31/h5-6,8-9,14H,7,10-13H2,1-4H3,(H,24,32). The molecule has 0 spiro atoms. The number of hydrogen-bond acceptors (Lipinski definition) is 7. The number of hydrogen-bond donors (Lipinski definition) is 1. The fraction of sp³-hybridized carbons (Fsp3) is 0.391. The van der Waals surface area contributed by atoms with Crippen LogP contribution >= 0.6 is 0 Å². The van der Waals surface area contributed by atoms with Gasteiger partial charge in [0.2, 0.25) is 5.95 Å². The Morgan fingerprint density at radius 2 is 1.88 bits per heavy atom. The average molecular weight is 433 g/mol. The molecule has 3 aromatic heterocycles. The van der Waals surface area contributed by atoms with Gasteiger partial charge in [0, 0.05) is 47.0 Å². The van der Waals surface area contributed by atoms with Gasteiger partial charge in [0.25, 0.3) is 5.91 Å². The number of anilines is 2. The molecule has 0 atom stereocenters. The van der Waals surface area contributed by atoms with Gasteiger partial charge in [-0.05, 0) is 32.1 Å². The number of pyridine rings is 1. The summed E-state index contributed by atoms with van der Waals surface area (Å²) in [6.45, 7) is 3.84. The number of carbonyl (C=O) groups excluding carboxylic acids is 1. The van der Waals surface area contributed by atoms with Gasteiger partial charge in [-0.2, -0.15) is 4.98 Å². The van der Waals surface area contributed by atoms with Crippen LogP contribution < -0.4 is 15.1 Å². The Labute approximate surface area is 186 Å². The molecule has 4 heterocycles. The summed E-state index contributed by atoms with van der Waals surface area (Å²) in [4.78, 5) is 34.2. The molecular weight excluding hydrogens is 404 g/mol. The summed E-state index contributed by atoms with van der Waals surface area (Å²) in [6, 6.07) is 7.91. The third-order valence-electron chi connectivity index (χ3n) is 6.15. The van der Waals surface area contributed by atoms with Crippen molar-refractivity contribution in [3.8, 4) is 0 Å². The molecule has 0 unspecified atom stereocenters. The van der Waals surface area contributed by atoms with Crippen molar-refractivity contribution in [2.45, 2.75) is 6.42 Å².